The van der Waals surface area contributed by atoms with Crippen molar-refractivity contribution < 1.29 is 28.1 Å². The van der Waals surface area contributed by atoms with Crippen LogP contribution in [0.15, 0.2) is 17.3 Å². The first-order valence-electron chi connectivity index (χ1n) is 12.4. The van der Waals surface area contributed by atoms with Crippen LogP contribution in [-0.2, 0) is 13.6 Å². The number of aliphatic hydroxyl groups is 1. The van der Waals surface area contributed by atoms with E-state index in [0.717, 1.165) is 19.3 Å². The van der Waals surface area contributed by atoms with Gasteiger partial charge in [0, 0.05) is 4.91 Å². The monoisotopic (exact) mass is 491 g/mol. The molecule has 0 heterocycles. The number of phosphoric ester groups is 1. The summed E-state index contributed by atoms with van der Waals surface area (Å²) < 4.78 is 22.4. The summed E-state index contributed by atoms with van der Waals surface area (Å²) in [5.41, 5.74) is 8.73. The normalized spacial score (nSPS) is 15.8. The highest BCUT2D eigenvalue weighted by Gasteiger charge is 2.26. The minimum Gasteiger partial charge on any atom is -0.389 e. The van der Waals surface area contributed by atoms with Gasteiger partial charge in [-0.2, -0.15) is 0 Å². The fraction of sp³-hybridized carbons (Fsp3) is 0.913. The summed E-state index contributed by atoms with van der Waals surface area (Å²) in [5, 5.41) is 13.7. The second-order valence-electron chi connectivity index (χ2n) is 9.63. The molecule has 0 aliphatic rings. The maximum absolute atomic E-state index is 12.0. The molecule has 0 amide bonds. The Hall–Kier alpha value is -0.920. The van der Waals surface area contributed by atoms with Crippen LogP contribution in [0.5, 0.6) is 0 Å². The lowest BCUT2D eigenvalue weighted by atomic mass is 10.0. The summed E-state index contributed by atoms with van der Waals surface area (Å²) in [6.07, 6.45) is 17.2. The van der Waals surface area contributed by atoms with Crippen molar-refractivity contribution in [3.8, 4) is 0 Å². The van der Waals surface area contributed by atoms with Crippen molar-refractivity contribution in [2.24, 2.45) is 5.11 Å². The number of quaternary nitrogens is 1. The van der Waals surface area contributed by atoms with Crippen LogP contribution in [-0.4, -0.2) is 67.5 Å². The Kier molecular flexibility index (Phi) is 18.9. The van der Waals surface area contributed by atoms with Gasteiger partial charge in [0.05, 0.1) is 39.9 Å². The zero-order chi connectivity index (χ0) is 25.0. The third-order valence-corrected chi connectivity index (χ3v) is 6.31. The SMILES string of the molecule is CCCCCCCCCCCCC/C=C/[C@H](O)[C@H](COP(=O)(O)OCC[N+](C)(C)C)N=[N+]=[N-]. The van der Waals surface area contributed by atoms with Crippen LogP contribution in [0.25, 0.3) is 10.4 Å². The zero-order valence-electron chi connectivity index (χ0n) is 21.3. The maximum atomic E-state index is 12.0. The Morgan fingerprint density at radius 2 is 1.55 bits per heavy atom. The van der Waals surface area contributed by atoms with Gasteiger partial charge in [0.15, 0.2) is 0 Å². The highest BCUT2D eigenvalue weighted by molar-refractivity contribution is 7.47. The molecule has 194 valence electrons. The van der Waals surface area contributed by atoms with Crippen LogP contribution in [0, 0.1) is 0 Å². The van der Waals surface area contributed by atoms with Crippen molar-refractivity contribution in [3.05, 3.63) is 22.6 Å². The number of hydrogen-bond acceptors (Lipinski definition) is 5. The number of phosphoric acid groups is 1. The molecule has 3 atom stereocenters. The number of unbranched alkanes of at least 4 members (excludes halogenated alkanes) is 11. The third-order valence-electron chi connectivity index (χ3n) is 5.33. The van der Waals surface area contributed by atoms with Crippen molar-refractivity contribution in [1.29, 1.82) is 0 Å². The maximum Gasteiger partial charge on any atom is 0.472 e. The van der Waals surface area contributed by atoms with Crippen LogP contribution in [0.3, 0.4) is 0 Å². The smallest absolute Gasteiger partial charge is 0.389 e. The zero-order valence-corrected chi connectivity index (χ0v) is 22.2. The first-order valence-corrected chi connectivity index (χ1v) is 13.9. The summed E-state index contributed by atoms with van der Waals surface area (Å²) in [7, 11) is 1.52. The number of rotatable bonds is 22. The van der Waals surface area contributed by atoms with Gasteiger partial charge in [-0.25, -0.2) is 4.57 Å². The molecular formula is C23H48N4O5P+. The number of nitrogens with zero attached hydrogens (tertiary/aromatic N) is 4. The van der Waals surface area contributed by atoms with Crippen molar-refractivity contribution in [1.82, 2.24) is 0 Å². The highest BCUT2D eigenvalue weighted by Crippen LogP contribution is 2.43. The summed E-state index contributed by atoms with van der Waals surface area (Å²) >= 11 is 0. The van der Waals surface area contributed by atoms with Crippen LogP contribution < -0.4 is 0 Å². The van der Waals surface area contributed by atoms with E-state index < -0.39 is 26.6 Å². The Labute approximate surface area is 201 Å². The average Bonchev–Trinajstić information content (AvgIpc) is 2.73. The molecule has 9 nitrogen and oxygen atoms in total. The summed E-state index contributed by atoms with van der Waals surface area (Å²) in [6, 6.07) is -1.01. The Bertz CT molecular complexity index is 606. The number of hydrogen-bond donors (Lipinski definition) is 2. The number of likely N-dealkylation sites (N-methyl/N-ethyl adjacent to an activating group) is 1. The van der Waals surface area contributed by atoms with Gasteiger partial charge in [-0.3, -0.25) is 9.05 Å². The van der Waals surface area contributed by atoms with Gasteiger partial charge in [-0.15, -0.1) is 0 Å². The minimum atomic E-state index is -4.28. The van der Waals surface area contributed by atoms with Crippen molar-refractivity contribution >= 4 is 7.82 Å². The topological polar surface area (TPSA) is 125 Å². The molecule has 0 radical (unpaired) electrons. The van der Waals surface area contributed by atoms with E-state index in [2.05, 4.69) is 16.9 Å². The molecule has 0 saturated carbocycles. The molecule has 0 bridgehead atoms. The number of azide groups is 1. The van der Waals surface area contributed by atoms with Gasteiger partial charge >= 0.3 is 7.82 Å². The highest BCUT2D eigenvalue weighted by atomic mass is 31.2. The van der Waals surface area contributed by atoms with Gasteiger partial charge < -0.3 is 14.5 Å². The molecule has 1 unspecified atom stereocenters. The van der Waals surface area contributed by atoms with Crippen LogP contribution in [0.2, 0.25) is 0 Å². The quantitative estimate of drug-likeness (QED) is 0.0359. The number of aliphatic hydroxyl groups excluding tert-OH is 1. The standard InChI is InChI=1S/C23H47N4O5P/c1-5-6-7-8-9-10-11-12-13-14-15-16-17-18-23(28)22(25-26-24)21-32-33(29,30)31-20-19-27(2,3)4/h17-18,22-23,28H,5-16,19-21H2,1-4H3/p+1/b18-17+/t22-,23-/m0/s1. The van der Waals surface area contributed by atoms with Gasteiger partial charge in [-0.1, -0.05) is 88.4 Å². The molecule has 2 N–H and O–H groups in total. The van der Waals surface area contributed by atoms with E-state index in [4.69, 9.17) is 14.6 Å². The summed E-state index contributed by atoms with van der Waals surface area (Å²) in [5.74, 6) is 0. The molecule has 0 rings (SSSR count). The lowest BCUT2D eigenvalue weighted by Crippen LogP contribution is -2.37. The second-order valence-corrected chi connectivity index (χ2v) is 11.1. The molecule has 0 fully saturated rings. The molecule has 0 saturated heterocycles. The van der Waals surface area contributed by atoms with E-state index in [1.54, 1.807) is 6.08 Å². The second kappa shape index (κ2) is 19.4. The average molecular weight is 492 g/mol. The third kappa shape index (κ3) is 21.4. The van der Waals surface area contributed by atoms with Gasteiger partial charge in [0.25, 0.3) is 0 Å². The number of allylic oxidation sites excluding steroid dienone is 1. The van der Waals surface area contributed by atoms with Crippen LogP contribution >= 0.6 is 7.82 Å². The van der Waals surface area contributed by atoms with Crippen molar-refractivity contribution in [2.45, 2.75) is 96.1 Å². The van der Waals surface area contributed by atoms with Gasteiger partial charge in [-0.05, 0) is 18.4 Å². The van der Waals surface area contributed by atoms with E-state index >= 15 is 0 Å². The van der Waals surface area contributed by atoms with Gasteiger partial charge in [0.1, 0.15) is 13.2 Å². The predicted molar refractivity (Wildman–Crippen MR) is 134 cm³/mol. The minimum absolute atomic E-state index is 0.0465. The molecule has 0 aliphatic heterocycles. The van der Waals surface area contributed by atoms with E-state index in [-0.39, 0.29) is 6.61 Å². The van der Waals surface area contributed by atoms with Crippen molar-refractivity contribution in [3.63, 3.8) is 0 Å². The van der Waals surface area contributed by atoms with E-state index in [1.165, 1.54) is 57.8 Å². The molecule has 0 aromatic carbocycles. The fourth-order valence-corrected chi connectivity index (χ4v) is 3.92. The van der Waals surface area contributed by atoms with E-state index in [0.29, 0.717) is 11.0 Å². The summed E-state index contributed by atoms with van der Waals surface area (Å²) in [4.78, 5) is 12.5. The van der Waals surface area contributed by atoms with E-state index in [9.17, 15) is 14.6 Å². The Balaban J connectivity index is 4.06. The fourth-order valence-electron chi connectivity index (χ4n) is 3.19. The predicted octanol–water partition coefficient (Wildman–Crippen LogP) is 6.12. The lowest BCUT2D eigenvalue weighted by Gasteiger charge is -2.24. The molecule has 0 aromatic heterocycles. The molecule has 0 aromatic rings. The Morgan fingerprint density at radius 3 is 2.06 bits per heavy atom. The molecule has 0 spiro atoms. The van der Waals surface area contributed by atoms with Gasteiger partial charge in [0.2, 0.25) is 0 Å². The van der Waals surface area contributed by atoms with Crippen molar-refractivity contribution in [2.75, 3.05) is 40.9 Å². The molecular weight excluding hydrogens is 443 g/mol. The first-order chi connectivity index (χ1) is 15.6. The summed E-state index contributed by atoms with van der Waals surface area (Å²) in [6.45, 7) is 2.40. The molecule has 33 heavy (non-hydrogen) atoms. The Morgan fingerprint density at radius 1 is 1.00 bits per heavy atom. The van der Waals surface area contributed by atoms with Crippen LogP contribution in [0.4, 0.5) is 0 Å². The first kappa shape index (κ1) is 32.1. The molecule has 10 heteroatoms. The van der Waals surface area contributed by atoms with Crippen LogP contribution in [0.1, 0.15) is 84.0 Å². The lowest BCUT2D eigenvalue weighted by molar-refractivity contribution is -0.870. The molecule has 0 aliphatic carbocycles. The largest absolute Gasteiger partial charge is 0.472 e. The van der Waals surface area contributed by atoms with E-state index in [1.807, 2.05) is 27.2 Å².